The third kappa shape index (κ3) is 2.42. The van der Waals surface area contributed by atoms with Gasteiger partial charge in [-0.1, -0.05) is 0 Å². The van der Waals surface area contributed by atoms with E-state index in [1.165, 1.54) is 12.5 Å². The number of aliphatic hydroxyl groups is 1. The Kier molecular flexibility index (Phi) is 3.45. The lowest BCUT2D eigenvalue weighted by atomic mass is 10.4. The van der Waals surface area contributed by atoms with Crippen LogP contribution < -0.4 is 4.72 Å². The molecule has 0 atom stereocenters. The zero-order valence-corrected chi connectivity index (χ0v) is 10.5. The van der Waals surface area contributed by atoms with Gasteiger partial charge in [0.25, 0.3) is 0 Å². The fourth-order valence-corrected chi connectivity index (χ4v) is 2.92. The number of sulfonamides is 1. The maximum Gasteiger partial charge on any atom is 0.244 e. The number of aryl methyl sites for hydroxylation is 1. The lowest BCUT2D eigenvalue weighted by Gasteiger charge is -2.06. The van der Waals surface area contributed by atoms with Gasteiger partial charge in [-0.3, -0.25) is 5.10 Å². The van der Waals surface area contributed by atoms with Crippen molar-refractivity contribution in [2.75, 3.05) is 0 Å². The van der Waals surface area contributed by atoms with Gasteiger partial charge in [0.1, 0.15) is 10.6 Å². The van der Waals surface area contributed by atoms with Crippen molar-refractivity contribution in [2.45, 2.75) is 25.0 Å². The molecule has 0 bridgehead atoms. The molecular weight excluding hydrogens is 258 g/mol. The van der Waals surface area contributed by atoms with Crippen molar-refractivity contribution in [3.8, 4) is 0 Å². The van der Waals surface area contributed by atoms with Crippen LogP contribution in [-0.4, -0.2) is 33.7 Å². The van der Waals surface area contributed by atoms with Crippen molar-refractivity contribution < 1.29 is 13.5 Å². The van der Waals surface area contributed by atoms with Crippen LogP contribution in [-0.2, 0) is 23.2 Å². The fourth-order valence-electron chi connectivity index (χ4n) is 1.56. The van der Waals surface area contributed by atoms with Crippen LogP contribution in [0.25, 0.3) is 0 Å². The Morgan fingerprint density at radius 1 is 1.50 bits per heavy atom. The molecule has 0 saturated carbocycles. The minimum absolute atomic E-state index is 0.00971. The van der Waals surface area contributed by atoms with Crippen molar-refractivity contribution in [3.05, 3.63) is 29.6 Å². The quantitative estimate of drug-likeness (QED) is 0.579. The van der Waals surface area contributed by atoms with Gasteiger partial charge in [-0.05, 0) is 6.92 Å². The molecule has 0 amide bonds. The van der Waals surface area contributed by atoms with E-state index in [4.69, 9.17) is 5.11 Å². The van der Waals surface area contributed by atoms with Gasteiger partial charge in [0.2, 0.25) is 10.0 Å². The zero-order valence-electron chi connectivity index (χ0n) is 9.64. The molecule has 9 heteroatoms. The fraction of sp³-hybridized carbons (Fsp3) is 0.333. The lowest BCUT2D eigenvalue weighted by molar-refractivity contribution is 0.273. The van der Waals surface area contributed by atoms with Gasteiger partial charge in [-0.2, -0.15) is 5.10 Å². The summed E-state index contributed by atoms with van der Waals surface area (Å²) in [5, 5.41) is 15.3. The van der Waals surface area contributed by atoms with E-state index in [-0.39, 0.29) is 17.1 Å². The van der Waals surface area contributed by atoms with Crippen LogP contribution in [0.1, 0.15) is 17.1 Å². The molecule has 2 aromatic heterocycles. The SMILES string of the molecule is Cc1[nH]nc(CO)c1S(=O)(=O)NCc1cnc[nH]1. The van der Waals surface area contributed by atoms with E-state index >= 15 is 0 Å². The maximum absolute atomic E-state index is 12.1. The Hall–Kier alpha value is -1.71. The summed E-state index contributed by atoms with van der Waals surface area (Å²) in [6.07, 6.45) is 2.99. The number of imidazole rings is 1. The molecule has 98 valence electrons. The number of H-pyrrole nitrogens is 2. The standard InChI is InChI=1S/C9H13N5O3S/c1-6-9(8(4-15)14-13-6)18(16,17)12-3-7-2-10-5-11-7/h2,5,12,15H,3-4H2,1H3,(H,10,11)(H,13,14). The summed E-state index contributed by atoms with van der Waals surface area (Å²) in [5.41, 5.74) is 1.13. The van der Waals surface area contributed by atoms with E-state index in [9.17, 15) is 8.42 Å². The van der Waals surface area contributed by atoms with Crippen molar-refractivity contribution in [2.24, 2.45) is 0 Å². The normalized spacial score (nSPS) is 11.9. The molecule has 2 rings (SSSR count). The van der Waals surface area contributed by atoms with Crippen LogP contribution in [0.4, 0.5) is 0 Å². The van der Waals surface area contributed by atoms with Crippen molar-refractivity contribution in [1.82, 2.24) is 24.9 Å². The third-order valence-corrected chi connectivity index (χ3v) is 3.99. The Bertz CT molecular complexity index is 617. The number of nitrogens with zero attached hydrogens (tertiary/aromatic N) is 2. The smallest absolute Gasteiger partial charge is 0.244 e. The number of aromatic amines is 2. The highest BCUT2D eigenvalue weighted by Crippen LogP contribution is 2.17. The predicted molar refractivity (Wildman–Crippen MR) is 61.9 cm³/mol. The number of hydrogen-bond acceptors (Lipinski definition) is 5. The second kappa shape index (κ2) is 4.88. The molecule has 0 aliphatic heterocycles. The van der Waals surface area contributed by atoms with Gasteiger partial charge >= 0.3 is 0 Å². The van der Waals surface area contributed by atoms with Crippen LogP contribution >= 0.6 is 0 Å². The minimum Gasteiger partial charge on any atom is -0.390 e. The monoisotopic (exact) mass is 271 g/mol. The van der Waals surface area contributed by atoms with Gasteiger partial charge in [-0.15, -0.1) is 0 Å². The summed E-state index contributed by atoms with van der Waals surface area (Å²) in [6, 6.07) is 0. The molecular formula is C9H13N5O3S. The van der Waals surface area contributed by atoms with E-state index in [2.05, 4.69) is 24.9 Å². The van der Waals surface area contributed by atoms with Crippen LogP contribution in [0.3, 0.4) is 0 Å². The Morgan fingerprint density at radius 3 is 2.89 bits per heavy atom. The number of aliphatic hydroxyl groups excluding tert-OH is 1. The second-order valence-electron chi connectivity index (χ2n) is 3.68. The average molecular weight is 271 g/mol. The largest absolute Gasteiger partial charge is 0.390 e. The van der Waals surface area contributed by atoms with Gasteiger partial charge in [0.05, 0.1) is 25.2 Å². The van der Waals surface area contributed by atoms with E-state index in [1.807, 2.05) is 0 Å². The summed E-state index contributed by atoms with van der Waals surface area (Å²) < 4.78 is 26.6. The highest BCUT2D eigenvalue weighted by Gasteiger charge is 2.23. The molecule has 0 radical (unpaired) electrons. The van der Waals surface area contributed by atoms with Crippen molar-refractivity contribution in [1.29, 1.82) is 0 Å². The molecule has 0 aliphatic carbocycles. The van der Waals surface area contributed by atoms with E-state index in [1.54, 1.807) is 6.92 Å². The summed E-state index contributed by atoms with van der Waals surface area (Å²) >= 11 is 0. The van der Waals surface area contributed by atoms with Gasteiger partial charge in [0, 0.05) is 11.9 Å². The summed E-state index contributed by atoms with van der Waals surface area (Å²) in [6.45, 7) is 1.24. The zero-order chi connectivity index (χ0) is 13.2. The molecule has 0 spiro atoms. The first kappa shape index (κ1) is 12.7. The second-order valence-corrected chi connectivity index (χ2v) is 5.39. The number of rotatable bonds is 5. The first-order chi connectivity index (χ1) is 8.54. The third-order valence-electron chi connectivity index (χ3n) is 2.39. The highest BCUT2D eigenvalue weighted by molar-refractivity contribution is 7.89. The molecule has 0 fully saturated rings. The molecule has 4 N–H and O–H groups in total. The molecule has 18 heavy (non-hydrogen) atoms. The summed E-state index contributed by atoms with van der Waals surface area (Å²) in [7, 11) is -3.72. The Morgan fingerprint density at radius 2 is 2.28 bits per heavy atom. The predicted octanol–water partition coefficient (Wildman–Crippen LogP) is -0.588. The molecule has 0 aromatic carbocycles. The van der Waals surface area contributed by atoms with Crippen LogP contribution in [0.5, 0.6) is 0 Å². The van der Waals surface area contributed by atoms with E-state index in [0.29, 0.717) is 11.4 Å². The minimum atomic E-state index is -3.72. The molecule has 8 nitrogen and oxygen atoms in total. The van der Waals surface area contributed by atoms with Crippen LogP contribution in [0.15, 0.2) is 17.4 Å². The Balaban J connectivity index is 2.22. The highest BCUT2D eigenvalue weighted by atomic mass is 32.2. The van der Waals surface area contributed by atoms with Crippen LogP contribution in [0, 0.1) is 6.92 Å². The molecule has 0 aliphatic rings. The van der Waals surface area contributed by atoms with Gasteiger partial charge in [-0.25, -0.2) is 18.1 Å². The average Bonchev–Trinajstić information content (AvgIpc) is 2.95. The number of hydrogen-bond donors (Lipinski definition) is 4. The first-order valence-corrected chi connectivity index (χ1v) is 6.64. The molecule has 0 saturated heterocycles. The maximum atomic E-state index is 12.1. The summed E-state index contributed by atoms with van der Waals surface area (Å²) in [4.78, 5) is 6.57. The number of aromatic nitrogens is 4. The molecule has 2 heterocycles. The van der Waals surface area contributed by atoms with Gasteiger partial charge in [0.15, 0.2) is 0 Å². The topological polar surface area (TPSA) is 124 Å². The first-order valence-electron chi connectivity index (χ1n) is 5.16. The number of nitrogens with one attached hydrogen (secondary N) is 3. The Labute approximate surface area is 104 Å². The van der Waals surface area contributed by atoms with Crippen molar-refractivity contribution in [3.63, 3.8) is 0 Å². The van der Waals surface area contributed by atoms with Gasteiger partial charge < -0.3 is 10.1 Å². The lowest BCUT2D eigenvalue weighted by Crippen LogP contribution is -2.24. The van der Waals surface area contributed by atoms with Crippen LogP contribution in [0.2, 0.25) is 0 Å². The van der Waals surface area contributed by atoms with E-state index in [0.717, 1.165) is 0 Å². The van der Waals surface area contributed by atoms with Crippen molar-refractivity contribution >= 4 is 10.0 Å². The molecule has 0 unspecified atom stereocenters. The van der Waals surface area contributed by atoms with E-state index < -0.39 is 16.6 Å². The summed E-state index contributed by atoms with van der Waals surface area (Å²) in [5.74, 6) is 0. The molecule has 2 aromatic rings.